The predicted molar refractivity (Wildman–Crippen MR) is 72.6 cm³/mol. The monoisotopic (exact) mass is 287 g/mol. The summed E-state index contributed by atoms with van der Waals surface area (Å²) in [5, 5.41) is 0.951. The van der Waals surface area contributed by atoms with E-state index in [1.54, 1.807) is 25.3 Å². The van der Waals surface area contributed by atoms with E-state index in [9.17, 15) is 4.79 Å². The summed E-state index contributed by atoms with van der Waals surface area (Å²) in [5.74, 6) is 0.0217. The number of benzene rings is 1. The van der Waals surface area contributed by atoms with Crippen LogP contribution in [0, 0.1) is 0 Å². The van der Waals surface area contributed by atoms with E-state index in [2.05, 4.69) is 4.90 Å². The lowest BCUT2D eigenvalue weighted by Crippen LogP contribution is -2.29. The van der Waals surface area contributed by atoms with Crippen molar-refractivity contribution in [2.24, 2.45) is 0 Å². The number of halogens is 2. The van der Waals surface area contributed by atoms with Gasteiger partial charge in [-0.2, -0.15) is 0 Å². The van der Waals surface area contributed by atoms with Crippen LogP contribution in [0.1, 0.15) is 16.8 Å². The number of hydrogen-bond donors (Lipinski definition) is 0. The first-order valence-corrected chi connectivity index (χ1v) is 6.59. The van der Waals surface area contributed by atoms with E-state index >= 15 is 0 Å². The van der Waals surface area contributed by atoms with Crippen LogP contribution in [0.5, 0.6) is 0 Å². The van der Waals surface area contributed by atoms with Gasteiger partial charge < -0.3 is 4.74 Å². The van der Waals surface area contributed by atoms with Gasteiger partial charge in [-0.15, -0.1) is 0 Å². The van der Waals surface area contributed by atoms with Crippen molar-refractivity contribution in [2.45, 2.75) is 12.5 Å². The Bertz CT molecular complexity index is 451. The standard InChI is InChI=1S/C13H15Cl2NO2/c1-18-10-4-5-16(7-10)8-13(17)11-3-2-9(14)6-12(11)15/h2-3,6,10H,4-5,7-8H2,1H3. The van der Waals surface area contributed by atoms with Gasteiger partial charge >= 0.3 is 0 Å². The number of methoxy groups -OCH3 is 1. The highest BCUT2D eigenvalue weighted by Gasteiger charge is 2.24. The molecule has 1 aromatic rings. The maximum atomic E-state index is 12.1. The van der Waals surface area contributed by atoms with Gasteiger partial charge in [-0.1, -0.05) is 23.2 Å². The zero-order valence-corrected chi connectivity index (χ0v) is 11.7. The molecule has 2 rings (SSSR count). The van der Waals surface area contributed by atoms with Crippen LogP contribution < -0.4 is 0 Å². The molecule has 98 valence electrons. The molecule has 3 nitrogen and oxygen atoms in total. The lowest BCUT2D eigenvalue weighted by atomic mass is 10.1. The Balaban J connectivity index is 2.00. The second-order valence-electron chi connectivity index (χ2n) is 4.43. The number of rotatable bonds is 4. The molecule has 0 bridgehead atoms. The van der Waals surface area contributed by atoms with Crippen molar-refractivity contribution in [1.29, 1.82) is 0 Å². The molecule has 1 fully saturated rings. The van der Waals surface area contributed by atoms with E-state index < -0.39 is 0 Å². The Hall–Kier alpha value is -0.610. The topological polar surface area (TPSA) is 29.5 Å². The molecule has 5 heteroatoms. The number of ether oxygens (including phenoxy) is 1. The van der Waals surface area contributed by atoms with Gasteiger partial charge in [0.25, 0.3) is 0 Å². The molecule has 1 unspecified atom stereocenters. The molecule has 1 heterocycles. The average molecular weight is 288 g/mol. The molecule has 18 heavy (non-hydrogen) atoms. The first-order chi connectivity index (χ1) is 8.60. The highest BCUT2D eigenvalue weighted by Crippen LogP contribution is 2.22. The third-order valence-electron chi connectivity index (χ3n) is 3.16. The fourth-order valence-corrected chi connectivity index (χ4v) is 2.65. The second kappa shape index (κ2) is 6.02. The van der Waals surface area contributed by atoms with Crippen molar-refractivity contribution in [2.75, 3.05) is 26.7 Å². The Labute approximate surface area is 117 Å². The lowest BCUT2D eigenvalue weighted by Gasteiger charge is -2.15. The van der Waals surface area contributed by atoms with Crippen LogP contribution in [0.15, 0.2) is 18.2 Å². The van der Waals surface area contributed by atoms with E-state index in [4.69, 9.17) is 27.9 Å². The van der Waals surface area contributed by atoms with Gasteiger partial charge in [0.15, 0.2) is 5.78 Å². The van der Waals surface area contributed by atoms with E-state index in [-0.39, 0.29) is 11.9 Å². The van der Waals surface area contributed by atoms with Gasteiger partial charge in [0.05, 0.1) is 17.7 Å². The van der Waals surface area contributed by atoms with Crippen molar-refractivity contribution in [3.05, 3.63) is 33.8 Å². The molecule has 0 N–H and O–H groups in total. The Morgan fingerprint density at radius 3 is 2.89 bits per heavy atom. The van der Waals surface area contributed by atoms with Gasteiger partial charge in [-0.25, -0.2) is 0 Å². The molecule has 1 saturated heterocycles. The summed E-state index contributed by atoms with van der Waals surface area (Å²) < 4.78 is 5.27. The zero-order valence-electron chi connectivity index (χ0n) is 10.2. The first kappa shape index (κ1) is 13.8. The second-order valence-corrected chi connectivity index (χ2v) is 5.27. The van der Waals surface area contributed by atoms with E-state index in [1.807, 2.05) is 0 Å². The van der Waals surface area contributed by atoms with Crippen LogP contribution in [0.25, 0.3) is 0 Å². The Kier molecular flexibility index (Phi) is 4.62. The molecular formula is C13H15Cl2NO2. The minimum Gasteiger partial charge on any atom is -0.380 e. The van der Waals surface area contributed by atoms with Crippen molar-refractivity contribution in [3.63, 3.8) is 0 Å². The molecule has 1 aliphatic rings. The van der Waals surface area contributed by atoms with Gasteiger partial charge in [0.2, 0.25) is 0 Å². The molecule has 1 aromatic carbocycles. The number of likely N-dealkylation sites (tertiary alicyclic amines) is 1. The van der Waals surface area contributed by atoms with E-state index in [0.717, 1.165) is 19.5 Å². The van der Waals surface area contributed by atoms with Crippen molar-refractivity contribution >= 4 is 29.0 Å². The summed E-state index contributed by atoms with van der Waals surface area (Å²) in [6.07, 6.45) is 1.21. The molecule has 0 aliphatic carbocycles. The molecule has 0 saturated carbocycles. The quantitative estimate of drug-likeness (QED) is 0.798. The highest BCUT2D eigenvalue weighted by atomic mass is 35.5. The largest absolute Gasteiger partial charge is 0.380 e. The molecule has 0 radical (unpaired) electrons. The van der Waals surface area contributed by atoms with Gasteiger partial charge in [0.1, 0.15) is 0 Å². The molecule has 1 atom stereocenters. The summed E-state index contributed by atoms with van der Waals surface area (Å²) in [5.41, 5.74) is 0.530. The summed E-state index contributed by atoms with van der Waals surface area (Å²) in [7, 11) is 1.70. The zero-order chi connectivity index (χ0) is 13.1. The lowest BCUT2D eigenvalue weighted by molar-refractivity contribution is 0.0899. The summed E-state index contributed by atoms with van der Waals surface area (Å²) >= 11 is 11.8. The fourth-order valence-electron chi connectivity index (χ4n) is 2.14. The average Bonchev–Trinajstić information content (AvgIpc) is 2.76. The number of hydrogen-bond acceptors (Lipinski definition) is 3. The maximum Gasteiger partial charge on any atom is 0.178 e. The molecular weight excluding hydrogens is 273 g/mol. The maximum absolute atomic E-state index is 12.1. The SMILES string of the molecule is COC1CCN(CC(=O)c2ccc(Cl)cc2Cl)C1. The van der Waals surface area contributed by atoms with Crippen molar-refractivity contribution in [1.82, 2.24) is 4.90 Å². The van der Waals surface area contributed by atoms with Crippen LogP contribution in [0.2, 0.25) is 10.0 Å². The highest BCUT2D eigenvalue weighted by molar-refractivity contribution is 6.36. The van der Waals surface area contributed by atoms with Gasteiger partial charge in [-0.3, -0.25) is 9.69 Å². The minimum atomic E-state index is 0.0217. The third kappa shape index (κ3) is 3.23. The Morgan fingerprint density at radius 2 is 2.28 bits per heavy atom. The normalized spacial score (nSPS) is 20.3. The molecule has 1 aliphatic heterocycles. The minimum absolute atomic E-state index is 0.0217. The molecule has 0 aromatic heterocycles. The smallest absolute Gasteiger partial charge is 0.178 e. The predicted octanol–water partition coefficient (Wildman–Crippen LogP) is 2.90. The van der Waals surface area contributed by atoms with Crippen molar-refractivity contribution in [3.8, 4) is 0 Å². The fraction of sp³-hybridized carbons (Fsp3) is 0.462. The van der Waals surface area contributed by atoms with E-state index in [1.165, 1.54) is 0 Å². The van der Waals surface area contributed by atoms with Crippen LogP contribution in [-0.2, 0) is 4.74 Å². The van der Waals surface area contributed by atoms with Crippen LogP contribution in [0.3, 0.4) is 0 Å². The Morgan fingerprint density at radius 1 is 1.50 bits per heavy atom. The van der Waals surface area contributed by atoms with Crippen LogP contribution in [0.4, 0.5) is 0 Å². The van der Waals surface area contributed by atoms with E-state index in [0.29, 0.717) is 22.2 Å². The molecule has 0 spiro atoms. The third-order valence-corrected chi connectivity index (χ3v) is 3.71. The number of carbonyl (C=O) groups excluding carboxylic acids is 1. The summed E-state index contributed by atoms with van der Waals surface area (Å²) in [6.45, 7) is 2.06. The summed E-state index contributed by atoms with van der Waals surface area (Å²) in [4.78, 5) is 14.2. The summed E-state index contributed by atoms with van der Waals surface area (Å²) in [6, 6.07) is 4.96. The van der Waals surface area contributed by atoms with Gasteiger partial charge in [-0.05, 0) is 24.6 Å². The number of nitrogens with zero attached hydrogens (tertiary/aromatic N) is 1. The van der Waals surface area contributed by atoms with Crippen LogP contribution >= 0.6 is 23.2 Å². The molecule has 0 amide bonds. The number of carbonyl (C=O) groups is 1. The van der Waals surface area contributed by atoms with Gasteiger partial charge in [0, 0.05) is 30.8 Å². The number of ketones is 1. The first-order valence-electron chi connectivity index (χ1n) is 5.83. The van der Waals surface area contributed by atoms with Crippen molar-refractivity contribution < 1.29 is 9.53 Å². The van der Waals surface area contributed by atoms with Crippen LogP contribution in [-0.4, -0.2) is 43.5 Å². The number of Topliss-reactive ketones (excluding diaryl/α,β-unsaturated/α-hetero) is 1.